The molecule has 0 aromatic rings. The first-order chi connectivity index (χ1) is 2.77. The monoisotopic (exact) mass is 136 g/mol. The Morgan fingerprint density at radius 2 is 2.17 bits per heavy atom. The molecule has 0 aromatic heterocycles. The SMILES string of the molecule is CCB=S(=S)=S. The number of hydrogen-bond acceptors (Lipinski definition) is 2. The molecule has 0 saturated heterocycles. The van der Waals surface area contributed by atoms with Gasteiger partial charge in [-0.15, -0.1) is 0 Å². The molecule has 0 amide bonds. The normalized spacial score (nSPS) is 6.83. The minimum absolute atomic E-state index is 0.274. The van der Waals surface area contributed by atoms with Crippen LogP contribution >= 0.6 is 0 Å². The molecule has 0 aromatic carbocycles. The van der Waals surface area contributed by atoms with Gasteiger partial charge in [0, 0.05) is 0 Å². The van der Waals surface area contributed by atoms with E-state index in [1.165, 1.54) is 0 Å². The fourth-order valence-electron chi connectivity index (χ4n) is 0.136. The third-order valence-corrected chi connectivity index (χ3v) is 1.72. The van der Waals surface area contributed by atoms with Gasteiger partial charge in [0.05, 0.1) is 0 Å². The molecule has 0 fully saturated rings. The topological polar surface area (TPSA) is 0 Å². The van der Waals surface area contributed by atoms with E-state index in [9.17, 15) is 0 Å². The van der Waals surface area contributed by atoms with E-state index in [1.807, 2.05) is 13.1 Å². The van der Waals surface area contributed by atoms with E-state index in [-0.39, 0.29) is 7.44 Å². The summed E-state index contributed by atoms with van der Waals surface area (Å²) in [6, 6.07) is 0. The maximum atomic E-state index is 4.67. The van der Waals surface area contributed by atoms with Crippen molar-refractivity contribution in [3.8, 4) is 0 Å². The van der Waals surface area contributed by atoms with Gasteiger partial charge in [0.2, 0.25) is 0 Å². The Labute approximate surface area is 49.5 Å². The van der Waals surface area contributed by atoms with Crippen molar-refractivity contribution in [2.75, 3.05) is 0 Å². The molecule has 6 heavy (non-hydrogen) atoms. The molecule has 0 spiro atoms. The van der Waals surface area contributed by atoms with Crippen molar-refractivity contribution in [1.82, 2.24) is 0 Å². The van der Waals surface area contributed by atoms with Crippen LogP contribution in [-0.4, -0.2) is 6.15 Å². The van der Waals surface area contributed by atoms with Gasteiger partial charge >= 0.3 is 49.2 Å². The second kappa shape index (κ2) is 3.90. The molecule has 0 aliphatic rings. The van der Waals surface area contributed by atoms with E-state index in [2.05, 4.69) is 22.4 Å². The molecule has 4 heteroatoms. The molecule has 0 bridgehead atoms. The quantitative estimate of drug-likeness (QED) is 0.484. The van der Waals surface area contributed by atoms with Crippen molar-refractivity contribution >= 4 is 36.0 Å². The Kier molecular flexibility index (Phi) is 4.37. The molecule has 0 aliphatic heterocycles. The first-order valence-corrected chi connectivity index (χ1v) is 4.82. The Morgan fingerprint density at radius 1 is 1.67 bits per heavy atom. The maximum absolute atomic E-state index is 4.67. The molecule has 0 radical (unpaired) electrons. The van der Waals surface area contributed by atoms with Crippen molar-refractivity contribution in [3.05, 3.63) is 0 Å². The van der Waals surface area contributed by atoms with Crippen LogP contribution in [0.25, 0.3) is 0 Å². The second-order valence-corrected chi connectivity index (χ2v) is 4.48. The molecule has 0 atom stereocenters. The van der Waals surface area contributed by atoms with Gasteiger partial charge in [-0.2, -0.15) is 0 Å². The molecular formula is C2H5BS3. The Morgan fingerprint density at radius 3 is 2.17 bits per heavy atom. The molecule has 0 saturated carbocycles. The van der Waals surface area contributed by atoms with E-state index >= 15 is 0 Å². The summed E-state index contributed by atoms with van der Waals surface area (Å²) >= 11 is 9.33. The summed E-state index contributed by atoms with van der Waals surface area (Å²) in [5, 5.41) is 0. The molecule has 0 aliphatic carbocycles. The van der Waals surface area contributed by atoms with Gasteiger partial charge in [-0.3, -0.25) is 0 Å². The Balaban J connectivity index is 3.78. The molecule has 34 valence electrons. The molecule has 0 nitrogen and oxygen atoms in total. The van der Waals surface area contributed by atoms with Gasteiger partial charge in [0.25, 0.3) is 0 Å². The first kappa shape index (κ1) is 6.72. The fraction of sp³-hybridized carbons (Fsp3) is 1.00. The van der Waals surface area contributed by atoms with Crippen LogP contribution in [0.3, 0.4) is 0 Å². The van der Waals surface area contributed by atoms with Gasteiger partial charge in [-0.1, -0.05) is 0 Å². The average Bonchev–Trinajstić information content (AvgIpc) is 1.35. The van der Waals surface area contributed by atoms with Crippen LogP contribution in [-0.2, 0) is 29.8 Å². The van der Waals surface area contributed by atoms with Gasteiger partial charge < -0.3 is 0 Å². The van der Waals surface area contributed by atoms with Gasteiger partial charge in [-0.25, -0.2) is 0 Å². The van der Waals surface area contributed by atoms with Crippen LogP contribution in [0.4, 0.5) is 0 Å². The van der Waals surface area contributed by atoms with Crippen LogP contribution in [0, 0.1) is 0 Å². The van der Waals surface area contributed by atoms with Crippen molar-refractivity contribution in [3.63, 3.8) is 0 Å². The van der Waals surface area contributed by atoms with Crippen LogP contribution in [0.1, 0.15) is 6.92 Å². The standard InChI is InChI=1S/C2H5BS3/c1-2-3-6(4)5/h2H2,1H3. The van der Waals surface area contributed by atoms with Crippen molar-refractivity contribution in [1.29, 1.82) is 0 Å². The van der Waals surface area contributed by atoms with Crippen LogP contribution in [0.2, 0.25) is 6.32 Å². The first-order valence-electron chi connectivity index (χ1n) is 1.68. The van der Waals surface area contributed by atoms with Gasteiger partial charge in [-0.05, 0) is 0 Å². The van der Waals surface area contributed by atoms with Crippen LogP contribution in [0.15, 0.2) is 0 Å². The molecule has 0 unspecified atom stereocenters. The van der Waals surface area contributed by atoms with Crippen LogP contribution < -0.4 is 0 Å². The summed E-state index contributed by atoms with van der Waals surface area (Å²) < 4.78 is 0. The number of hydrogen-bond donors (Lipinski definition) is 0. The second-order valence-electron chi connectivity index (χ2n) is 0.835. The summed E-state index contributed by atoms with van der Waals surface area (Å²) in [5.41, 5.74) is 0. The van der Waals surface area contributed by atoms with Crippen molar-refractivity contribution in [2.24, 2.45) is 0 Å². The van der Waals surface area contributed by atoms with E-state index in [0.29, 0.717) is 0 Å². The van der Waals surface area contributed by atoms with E-state index < -0.39 is 0 Å². The third kappa shape index (κ3) is 4.72. The van der Waals surface area contributed by atoms with Gasteiger partial charge in [0.15, 0.2) is 0 Å². The van der Waals surface area contributed by atoms with Crippen molar-refractivity contribution in [2.45, 2.75) is 13.2 Å². The Bertz CT molecular complexity index is 123. The zero-order chi connectivity index (χ0) is 4.99. The van der Waals surface area contributed by atoms with E-state index in [0.717, 1.165) is 6.32 Å². The zero-order valence-corrected chi connectivity index (χ0v) is 5.96. The molecular weight excluding hydrogens is 131 g/mol. The van der Waals surface area contributed by atoms with Crippen molar-refractivity contribution < 1.29 is 0 Å². The third-order valence-electron chi connectivity index (χ3n) is 0.303. The summed E-state index contributed by atoms with van der Waals surface area (Å²) in [5.74, 6) is 0. The fourth-order valence-corrected chi connectivity index (χ4v) is 1.22. The van der Waals surface area contributed by atoms with Crippen LogP contribution in [0.5, 0.6) is 0 Å². The average molecular weight is 136 g/mol. The summed E-state index contributed by atoms with van der Waals surface area (Å²) in [6.07, 6.45) is 2.96. The molecule has 0 heterocycles. The summed E-state index contributed by atoms with van der Waals surface area (Å²) in [7, 11) is -0.274. The molecule has 0 rings (SSSR count). The van der Waals surface area contributed by atoms with E-state index in [1.54, 1.807) is 0 Å². The predicted octanol–water partition coefficient (Wildman–Crippen LogP) is 0.586. The van der Waals surface area contributed by atoms with E-state index in [4.69, 9.17) is 0 Å². The predicted molar refractivity (Wildman–Crippen MR) is 38.3 cm³/mol. The summed E-state index contributed by atoms with van der Waals surface area (Å²) in [4.78, 5) is 0. The summed E-state index contributed by atoms with van der Waals surface area (Å²) in [6.45, 7) is 2.04. The minimum atomic E-state index is -0.274. The zero-order valence-electron chi connectivity index (χ0n) is 3.51. The Hall–Kier alpha value is 0.725. The molecule has 0 N–H and O–H groups in total. The van der Waals surface area contributed by atoms with Gasteiger partial charge in [0.1, 0.15) is 0 Å². The number of rotatable bonds is 1.